The van der Waals surface area contributed by atoms with E-state index in [1.165, 1.54) is 32.4 Å². The number of fused-ring (bicyclic) bond motifs is 1. The van der Waals surface area contributed by atoms with Gasteiger partial charge in [0.1, 0.15) is 5.69 Å². The maximum atomic E-state index is 13.7. The predicted octanol–water partition coefficient (Wildman–Crippen LogP) is 5.15. The lowest BCUT2D eigenvalue weighted by Crippen LogP contribution is -2.33. The van der Waals surface area contributed by atoms with Gasteiger partial charge in [0, 0.05) is 31.0 Å². The molecule has 5 aromatic rings. The van der Waals surface area contributed by atoms with Gasteiger partial charge in [0.25, 0.3) is 11.5 Å². The Morgan fingerprint density at radius 2 is 1.71 bits per heavy atom. The molecule has 0 aliphatic rings. The molecule has 1 N–H and O–H groups in total. The van der Waals surface area contributed by atoms with Gasteiger partial charge in [-0.3, -0.25) is 19.1 Å². The van der Waals surface area contributed by atoms with Gasteiger partial charge in [-0.2, -0.15) is 0 Å². The van der Waals surface area contributed by atoms with E-state index in [0.29, 0.717) is 44.1 Å². The first-order chi connectivity index (χ1) is 20.0. The highest BCUT2D eigenvalue weighted by molar-refractivity contribution is 7.89. The third-order valence-electron chi connectivity index (χ3n) is 6.91. The second-order valence-corrected chi connectivity index (χ2v) is 12.5. The molecule has 1 atom stereocenters. The van der Waals surface area contributed by atoms with Crippen LogP contribution in [0.3, 0.4) is 0 Å². The van der Waals surface area contributed by atoms with Crippen molar-refractivity contribution in [1.82, 2.24) is 24.2 Å². The molecule has 5 rings (SSSR count). The molecule has 0 radical (unpaired) electrons. The first-order valence-electron chi connectivity index (χ1n) is 13.1. The molecule has 0 aliphatic heterocycles. The maximum absolute atomic E-state index is 13.7. The molecule has 0 aliphatic carbocycles. The zero-order chi connectivity index (χ0) is 30.2. The van der Waals surface area contributed by atoms with Crippen molar-refractivity contribution in [2.75, 3.05) is 14.1 Å². The van der Waals surface area contributed by atoms with Crippen LogP contribution in [0.5, 0.6) is 0 Å². The molecule has 0 fully saturated rings. The predicted molar refractivity (Wildman–Crippen MR) is 164 cm³/mol. The largest absolute Gasteiger partial charge is 0.343 e. The van der Waals surface area contributed by atoms with Crippen LogP contribution in [-0.2, 0) is 10.0 Å². The Morgan fingerprint density at radius 1 is 1.00 bits per heavy atom. The van der Waals surface area contributed by atoms with Gasteiger partial charge in [0.05, 0.1) is 38.9 Å². The van der Waals surface area contributed by atoms with Gasteiger partial charge in [-0.15, -0.1) is 0 Å². The Kier molecular flexibility index (Phi) is 7.96. The molecule has 0 spiro atoms. The van der Waals surface area contributed by atoms with Crippen LogP contribution in [-0.4, -0.2) is 47.3 Å². The van der Waals surface area contributed by atoms with Gasteiger partial charge in [0.2, 0.25) is 10.0 Å². The molecule has 214 valence electrons. The number of amides is 1. The van der Waals surface area contributed by atoms with Crippen molar-refractivity contribution in [2.24, 2.45) is 0 Å². The summed E-state index contributed by atoms with van der Waals surface area (Å²) in [4.78, 5) is 36.3. The first kappa shape index (κ1) is 29.1. The van der Waals surface area contributed by atoms with Gasteiger partial charge in [-0.05, 0) is 55.6 Å². The molecule has 9 nitrogen and oxygen atoms in total. The van der Waals surface area contributed by atoms with Crippen LogP contribution in [0.4, 0.5) is 0 Å². The number of carbonyl (C=O) groups is 1. The number of benzene rings is 3. The van der Waals surface area contributed by atoms with Crippen LogP contribution in [0.15, 0.2) is 94.7 Å². The zero-order valence-electron chi connectivity index (χ0n) is 23.4. The minimum Gasteiger partial charge on any atom is -0.343 e. The number of pyridine rings is 1. The van der Waals surface area contributed by atoms with E-state index in [9.17, 15) is 18.0 Å². The van der Waals surface area contributed by atoms with Crippen LogP contribution in [0, 0.1) is 6.92 Å². The highest BCUT2D eigenvalue weighted by Crippen LogP contribution is 2.26. The molecular weight excluding hydrogens is 574 g/mol. The number of para-hydroxylation sites is 1. The van der Waals surface area contributed by atoms with Gasteiger partial charge in [0.15, 0.2) is 0 Å². The van der Waals surface area contributed by atoms with Gasteiger partial charge < -0.3 is 5.32 Å². The van der Waals surface area contributed by atoms with Gasteiger partial charge in [-0.1, -0.05) is 54.1 Å². The van der Waals surface area contributed by atoms with Gasteiger partial charge >= 0.3 is 0 Å². The molecule has 42 heavy (non-hydrogen) atoms. The average Bonchev–Trinajstić information content (AvgIpc) is 2.97. The molecule has 2 aromatic heterocycles. The van der Waals surface area contributed by atoms with Crippen LogP contribution in [0.1, 0.15) is 34.8 Å². The minimum absolute atomic E-state index is 0.0812. The summed E-state index contributed by atoms with van der Waals surface area (Å²) in [5.74, 6) is -0.496. The number of sulfonamides is 1. The summed E-state index contributed by atoms with van der Waals surface area (Å²) < 4.78 is 28.0. The summed E-state index contributed by atoms with van der Waals surface area (Å²) in [6, 6.07) is 21.9. The molecule has 0 saturated heterocycles. The fourth-order valence-corrected chi connectivity index (χ4v) is 5.88. The Labute approximate surface area is 248 Å². The Morgan fingerprint density at radius 3 is 2.43 bits per heavy atom. The minimum atomic E-state index is -3.67. The summed E-state index contributed by atoms with van der Waals surface area (Å²) >= 11 is 6.42. The molecule has 3 aromatic carbocycles. The topological polar surface area (TPSA) is 114 Å². The number of hydrogen-bond donors (Lipinski definition) is 1. The number of halogens is 1. The molecule has 0 bridgehead atoms. The highest BCUT2D eigenvalue weighted by atomic mass is 35.5. The van der Waals surface area contributed by atoms with Crippen LogP contribution in [0.25, 0.3) is 27.7 Å². The number of aryl methyl sites for hydroxylation is 1. The number of rotatable bonds is 7. The van der Waals surface area contributed by atoms with Crippen molar-refractivity contribution in [3.05, 3.63) is 118 Å². The van der Waals surface area contributed by atoms with Gasteiger partial charge in [-0.25, -0.2) is 17.7 Å². The average molecular weight is 602 g/mol. The van der Waals surface area contributed by atoms with E-state index in [0.717, 1.165) is 4.31 Å². The SMILES string of the molecule is Cc1ncc(-c2cccc(S(=O)(=O)N(C)C)c2)nc1C(=O)N[C@@H](C)c1cc2cccc(Cl)c2c(=O)n1-c1ccccc1. The van der Waals surface area contributed by atoms with E-state index in [1.807, 2.05) is 36.4 Å². The van der Waals surface area contributed by atoms with Crippen LogP contribution >= 0.6 is 11.6 Å². The second-order valence-electron chi connectivity index (χ2n) is 9.95. The van der Waals surface area contributed by atoms with Crippen molar-refractivity contribution in [1.29, 1.82) is 0 Å². The van der Waals surface area contributed by atoms with E-state index in [-0.39, 0.29) is 16.1 Å². The Hall–Kier alpha value is -4.38. The summed E-state index contributed by atoms with van der Waals surface area (Å²) in [7, 11) is -0.754. The first-order valence-corrected chi connectivity index (χ1v) is 14.9. The van der Waals surface area contributed by atoms with Crippen molar-refractivity contribution in [2.45, 2.75) is 24.8 Å². The van der Waals surface area contributed by atoms with E-state index >= 15 is 0 Å². The number of nitrogens with zero attached hydrogens (tertiary/aromatic N) is 4. The lowest BCUT2D eigenvalue weighted by molar-refractivity contribution is 0.0932. The molecule has 2 heterocycles. The van der Waals surface area contributed by atoms with Crippen molar-refractivity contribution >= 4 is 38.3 Å². The Balaban J connectivity index is 1.53. The van der Waals surface area contributed by atoms with Crippen LogP contribution < -0.4 is 10.9 Å². The van der Waals surface area contributed by atoms with Crippen molar-refractivity contribution < 1.29 is 13.2 Å². The summed E-state index contributed by atoms with van der Waals surface area (Å²) in [5, 5.41) is 4.35. The summed E-state index contributed by atoms with van der Waals surface area (Å²) in [5.41, 5.74) is 2.20. The summed E-state index contributed by atoms with van der Waals surface area (Å²) in [6.07, 6.45) is 1.50. The second kappa shape index (κ2) is 11.5. The lowest BCUT2D eigenvalue weighted by Gasteiger charge is -2.21. The van der Waals surface area contributed by atoms with Crippen molar-refractivity contribution in [3.63, 3.8) is 0 Å². The van der Waals surface area contributed by atoms with E-state index in [4.69, 9.17) is 11.6 Å². The molecule has 1 amide bonds. The third-order valence-corrected chi connectivity index (χ3v) is 9.03. The molecular formula is C31H28ClN5O4S. The van der Waals surface area contributed by atoms with E-state index in [2.05, 4.69) is 15.3 Å². The maximum Gasteiger partial charge on any atom is 0.272 e. The fourth-order valence-electron chi connectivity index (χ4n) is 4.67. The molecule has 11 heteroatoms. The monoisotopic (exact) mass is 601 g/mol. The van der Waals surface area contributed by atoms with E-state index in [1.54, 1.807) is 48.7 Å². The zero-order valence-corrected chi connectivity index (χ0v) is 24.9. The third kappa shape index (κ3) is 5.44. The highest BCUT2D eigenvalue weighted by Gasteiger charge is 2.23. The number of hydrogen-bond acceptors (Lipinski definition) is 6. The fraction of sp³-hybridized carbons (Fsp3) is 0.161. The van der Waals surface area contributed by atoms with Crippen molar-refractivity contribution in [3.8, 4) is 16.9 Å². The normalized spacial score (nSPS) is 12.4. The Bertz CT molecular complexity index is 1990. The summed E-state index contributed by atoms with van der Waals surface area (Å²) in [6.45, 7) is 3.45. The standard InChI is InChI=1S/C31H28ClN5O4S/c1-19(27-17-22-11-9-15-25(32)28(22)31(39)37(27)23-12-6-5-7-13-23)34-30(38)29-20(2)33-18-26(35-29)21-10-8-14-24(16-21)42(40,41)36(3)4/h5-19H,1-4H3,(H,34,38)/t19-/m0/s1. The lowest BCUT2D eigenvalue weighted by atomic mass is 10.1. The van der Waals surface area contributed by atoms with Crippen LogP contribution in [0.2, 0.25) is 5.02 Å². The number of aromatic nitrogens is 3. The molecule has 0 saturated carbocycles. The number of nitrogens with one attached hydrogen (secondary N) is 1. The number of carbonyl (C=O) groups excluding carboxylic acids is 1. The molecule has 0 unspecified atom stereocenters. The van der Waals surface area contributed by atoms with E-state index < -0.39 is 22.0 Å². The quantitative estimate of drug-likeness (QED) is 0.276. The smallest absolute Gasteiger partial charge is 0.272 e.